The van der Waals surface area contributed by atoms with E-state index in [9.17, 15) is 0 Å². The molecular formula is C13H19NO. The first-order valence-electron chi connectivity index (χ1n) is 5.73. The SMILES string of the molecule is Cc1ccccc1OC1CCCC1CN. The predicted molar refractivity (Wildman–Crippen MR) is 62.0 cm³/mol. The number of ether oxygens (including phenoxy) is 1. The molecule has 2 atom stereocenters. The molecular weight excluding hydrogens is 186 g/mol. The van der Waals surface area contributed by atoms with E-state index in [1.54, 1.807) is 0 Å². The van der Waals surface area contributed by atoms with E-state index in [2.05, 4.69) is 13.0 Å². The first-order valence-corrected chi connectivity index (χ1v) is 5.73. The van der Waals surface area contributed by atoms with Crippen molar-refractivity contribution in [2.75, 3.05) is 6.54 Å². The largest absolute Gasteiger partial charge is 0.490 e. The molecule has 2 N–H and O–H groups in total. The van der Waals surface area contributed by atoms with E-state index in [1.165, 1.54) is 18.4 Å². The number of hydrogen-bond donors (Lipinski definition) is 1. The molecule has 0 bridgehead atoms. The van der Waals surface area contributed by atoms with Crippen LogP contribution in [-0.2, 0) is 0 Å². The minimum Gasteiger partial charge on any atom is -0.490 e. The lowest BCUT2D eigenvalue weighted by molar-refractivity contribution is 0.161. The average Bonchev–Trinajstić information content (AvgIpc) is 2.69. The average molecular weight is 205 g/mol. The maximum Gasteiger partial charge on any atom is 0.122 e. The summed E-state index contributed by atoms with van der Waals surface area (Å²) in [4.78, 5) is 0. The van der Waals surface area contributed by atoms with Gasteiger partial charge in [-0.1, -0.05) is 18.2 Å². The van der Waals surface area contributed by atoms with E-state index < -0.39 is 0 Å². The summed E-state index contributed by atoms with van der Waals surface area (Å²) in [7, 11) is 0. The first kappa shape index (κ1) is 10.5. The molecule has 2 unspecified atom stereocenters. The molecule has 1 aromatic carbocycles. The van der Waals surface area contributed by atoms with Crippen LogP contribution in [0.2, 0.25) is 0 Å². The van der Waals surface area contributed by atoms with Crippen LogP contribution < -0.4 is 10.5 Å². The summed E-state index contributed by atoms with van der Waals surface area (Å²) in [6.07, 6.45) is 3.94. The highest BCUT2D eigenvalue weighted by Crippen LogP contribution is 2.30. The van der Waals surface area contributed by atoms with Crippen LogP contribution in [-0.4, -0.2) is 12.6 Å². The van der Waals surface area contributed by atoms with Crippen molar-refractivity contribution in [3.05, 3.63) is 29.8 Å². The number of aryl methyl sites for hydroxylation is 1. The van der Waals surface area contributed by atoms with Crippen LogP contribution in [0.15, 0.2) is 24.3 Å². The third-order valence-electron chi connectivity index (χ3n) is 3.26. The highest BCUT2D eigenvalue weighted by Gasteiger charge is 2.27. The quantitative estimate of drug-likeness (QED) is 0.823. The molecule has 1 fully saturated rings. The summed E-state index contributed by atoms with van der Waals surface area (Å²) >= 11 is 0. The molecule has 1 aliphatic rings. The molecule has 0 heterocycles. The second-order valence-corrected chi connectivity index (χ2v) is 4.35. The van der Waals surface area contributed by atoms with Gasteiger partial charge in [0, 0.05) is 5.92 Å². The summed E-state index contributed by atoms with van der Waals surface area (Å²) in [5, 5.41) is 0. The van der Waals surface area contributed by atoms with Crippen molar-refractivity contribution in [2.45, 2.75) is 32.3 Å². The molecule has 2 rings (SSSR count). The summed E-state index contributed by atoms with van der Waals surface area (Å²) in [5.41, 5.74) is 6.94. The van der Waals surface area contributed by atoms with Gasteiger partial charge in [-0.05, 0) is 44.4 Å². The van der Waals surface area contributed by atoms with Crippen molar-refractivity contribution in [1.29, 1.82) is 0 Å². The van der Waals surface area contributed by atoms with Gasteiger partial charge in [-0.3, -0.25) is 0 Å². The van der Waals surface area contributed by atoms with Crippen molar-refractivity contribution in [3.8, 4) is 5.75 Å². The van der Waals surface area contributed by atoms with Crippen LogP contribution in [0.5, 0.6) is 5.75 Å². The smallest absolute Gasteiger partial charge is 0.122 e. The molecule has 1 aliphatic carbocycles. The number of rotatable bonds is 3. The molecule has 0 saturated heterocycles. The predicted octanol–water partition coefficient (Wildman–Crippen LogP) is 2.50. The van der Waals surface area contributed by atoms with E-state index in [4.69, 9.17) is 10.5 Å². The minimum atomic E-state index is 0.330. The van der Waals surface area contributed by atoms with Gasteiger partial charge in [0.1, 0.15) is 11.9 Å². The monoisotopic (exact) mass is 205 g/mol. The van der Waals surface area contributed by atoms with Gasteiger partial charge in [-0.25, -0.2) is 0 Å². The van der Waals surface area contributed by atoms with E-state index in [0.29, 0.717) is 12.0 Å². The Labute approximate surface area is 91.4 Å². The zero-order chi connectivity index (χ0) is 10.7. The summed E-state index contributed by atoms with van der Waals surface area (Å²) in [6.45, 7) is 2.83. The molecule has 2 heteroatoms. The summed E-state index contributed by atoms with van der Waals surface area (Å²) < 4.78 is 6.03. The van der Waals surface area contributed by atoms with E-state index in [1.807, 2.05) is 18.2 Å². The number of para-hydroxylation sites is 1. The van der Waals surface area contributed by atoms with Crippen molar-refractivity contribution in [1.82, 2.24) is 0 Å². The second kappa shape index (κ2) is 4.67. The van der Waals surface area contributed by atoms with Crippen LogP contribution >= 0.6 is 0 Å². The van der Waals surface area contributed by atoms with E-state index >= 15 is 0 Å². The highest BCUT2D eigenvalue weighted by molar-refractivity contribution is 5.32. The fraction of sp³-hybridized carbons (Fsp3) is 0.538. The first-order chi connectivity index (χ1) is 7.31. The molecule has 82 valence electrons. The second-order valence-electron chi connectivity index (χ2n) is 4.35. The van der Waals surface area contributed by atoms with Crippen molar-refractivity contribution in [2.24, 2.45) is 11.7 Å². The molecule has 1 aromatic rings. The van der Waals surface area contributed by atoms with Gasteiger partial charge in [0.05, 0.1) is 0 Å². The number of hydrogen-bond acceptors (Lipinski definition) is 2. The Balaban J connectivity index is 2.05. The Kier molecular flexibility index (Phi) is 3.27. The number of benzene rings is 1. The van der Waals surface area contributed by atoms with Crippen LogP contribution in [0.4, 0.5) is 0 Å². The van der Waals surface area contributed by atoms with Crippen LogP contribution in [0.25, 0.3) is 0 Å². The van der Waals surface area contributed by atoms with Crippen LogP contribution in [0.1, 0.15) is 24.8 Å². The molecule has 0 aliphatic heterocycles. The van der Waals surface area contributed by atoms with E-state index in [-0.39, 0.29) is 0 Å². The van der Waals surface area contributed by atoms with Gasteiger partial charge in [0.25, 0.3) is 0 Å². The fourth-order valence-corrected chi connectivity index (χ4v) is 2.28. The maximum absolute atomic E-state index is 6.03. The van der Waals surface area contributed by atoms with E-state index in [0.717, 1.165) is 18.7 Å². The van der Waals surface area contributed by atoms with Gasteiger partial charge in [0.2, 0.25) is 0 Å². The van der Waals surface area contributed by atoms with Crippen LogP contribution in [0.3, 0.4) is 0 Å². The molecule has 0 aromatic heterocycles. The fourth-order valence-electron chi connectivity index (χ4n) is 2.28. The molecule has 0 radical (unpaired) electrons. The third kappa shape index (κ3) is 2.32. The molecule has 0 spiro atoms. The van der Waals surface area contributed by atoms with Crippen molar-refractivity contribution < 1.29 is 4.74 Å². The highest BCUT2D eigenvalue weighted by atomic mass is 16.5. The molecule has 1 saturated carbocycles. The molecule has 15 heavy (non-hydrogen) atoms. The lowest BCUT2D eigenvalue weighted by Crippen LogP contribution is -2.27. The Bertz CT molecular complexity index is 324. The normalized spacial score (nSPS) is 25.5. The maximum atomic E-state index is 6.03. The standard InChI is InChI=1S/C13H19NO/c1-10-5-2-3-7-12(10)15-13-8-4-6-11(13)9-14/h2-3,5,7,11,13H,4,6,8-9,14H2,1H3. The van der Waals surface area contributed by atoms with Gasteiger partial charge >= 0.3 is 0 Å². The summed E-state index contributed by atoms with van der Waals surface area (Å²) in [5.74, 6) is 1.56. The van der Waals surface area contributed by atoms with Crippen molar-refractivity contribution in [3.63, 3.8) is 0 Å². The molecule has 0 amide bonds. The Hall–Kier alpha value is -1.02. The van der Waals surface area contributed by atoms with Crippen LogP contribution in [0, 0.1) is 12.8 Å². The molecule has 2 nitrogen and oxygen atoms in total. The lowest BCUT2D eigenvalue weighted by Gasteiger charge is -2.20. The zero-order valence-electron chi connectivity index (χ0n) is 9.28. The van der Waals surface area contributed by atoms with Gasteiger partial charge in [-0.15, -0.1) is 0 Å². The van der Waals surface area contributed by atoms with Gasteiger partial charge in [-0.2, -0.15) is 0 Å². The Morgan fingerprint density at radius 3 is 2.87 bits per heavy atom. The van der Waals surface area contributed by atoms with Gasteiger partial charge < -0.3 is 10.5 Å². The Morgan fingerprint density at radius 2 is 2.13 bits per heavy atom. The minimum absolute atomic E-state index is 0.330. The van der Waals surface area contributed by atoms with Crippen molar-refractivity contribution >= 4 is 0 Å². The topological polar surface area (TPSA) is 35.2 Å². The lowest BCUT2D eigenvalue weighted by atomic mass is 10.1. The zero-order valence-corrected chi connectivity index (χ0v) is 9.28. The third-order valence-corrected chi connectivity index (χ3v) is 3.26. The van der Waals surface area contributed by atoms with Gasteiger partial charge in [0.15, 0.2) is 0 Å². The number of nitrogens with two attached hydrogens (primary N) is 1. The summed E-state index contributed by atoms with van der Waals surface area (Å²) in [6, 6.07) is 8.19. The Morgan fingerprint density at radius 1 is 1.33 bits per heavy atom.